The molecule has 1 aliphatic rings. The third-order valence-electron chi connectivity index (χ3n) is 2.88. The van der Waals surface area contributed by atoms with Gasteiger partial charge in [-0.15, -0.1) is 0 Å². The number of nitrogens with zero attached hydrogens (tertiary/aromatic N) is 2. The zero-order valence-electron chi connectivity index (χ0n) is 8.77. The first-order valence-electron chi connectivity index (χ1n) is 5.21. The minimum absolute atomic E-state index is 0.471. The van der Waals surface area contributed by atoms with Crippen molar-refractivity contribution in [2.75, 3.05) is 6.26 Å². The molecule has 0 amide bonds. The summed E-state index contributed by atoms with van der Waals surface area (Å²) >= 11 is 1.52. The molecule has 1 heterocycles. The largest absolute Gasteiger partial charge is 0.298 e. The average Bonchev–Trinajstić information content (AvgIpc) is 2.81. The second-order valence-electron chi connectivity index (χ2n) is 3.80. The Balaban J connectivity index is 2.36. The normalized spacial score (nSPS) is 16.9. The third kappa shape index (κ3) is 2.20. The van der Waals surface area contributed by atoms with Crippen molar-refractivity contribution in [2.45, 2.75) is 36.8 Å². The van der Waals surface area contributed by atoms with Crippen molar-refractivity contribution in [3.05, 3.63) is 17.5 Å². The molecular formula is C11H14N2OS. The van der Waals surface area contributed by atoms with Crippen LogP contribution in [0.15, 0.2) is 11.4 Å². The molecule has 1 saturated carbocycles. The molecule has 0 N–H and O–H groups in total. The molecule has 2 rings (SSSR count). The minimum atomic E-state index is 0.471. The van der Waals surface area contributed by atoms with E-state index in [9.17, 15) is 4.79 Å². The van der Waals surface area contributed by atoms with Crippen molar-refractivity contribution < 1.29 is 4.79 Å². The Morgan fingerprint density at radius 1 is 1.47 bits per heavy atom. The molecule has 0 radical (unpaired) electrons. The molecule has 4 heteroatoms. The van der Waals surface area contributed by atoms with Crippen LogP contribution >= 0.6 is 11.8 Å². The smallest absolute Gasteiger partial charge is 0.187 e. The topological polar surface area (TPSA) is 42.9 Å². The van der Waals surface area contributed by atoms with Crippen LogP contribution in [0.5, 0.6) is 0 Å². The summed E-state index contributed by atoms with van der Waals surface area (Å²) in [4.78, 5) is 19.5. The van der Waals surface area contributed by atoms with Gasteiger partial charge >= 0.3 is 0 Å². The van der Waals surface area contributed by atoms with Gasteiger partial charge in [-0.25, -0.2) is 9.97 Å². The quantitative estimate of drug-likeness (QED) is 0.448. The molecule has 0 spiro atoms. The lowest BCUT2D eigenvalue weighted by Gasteiger charge is -2.11. The van der Waals surface area contributed by atoms with Crippen LogP contribution < -0.4 is 0 Å². The summed E-state index contributed by atoms with van der Waals surface area (Å²) in [7, 11) is 0. The van der Waals surface area contributed by atoms with E-state index in [0.29, 0.717) is 11.5 Å². The number of hydrogen-bond acceptors (Lipinski definition) is 4. The molecule has 1 fully saturated rings. The van der Waals surface area contributed by atoms with E-state index in [0.717, 1.165) is 30.0 Å². The van der Waals surface area contributed by atoms with Crippen LogP contribution in [0.4, 0.5) is 0 Å². The number of carbonyl (C=O) groups excluding carboxylic acids is 1. The highest BCUT2D eigenvalue weighted by atomic mass is 32.2. The van der Waals surface area contributed by atoms with Crippen LogP contribution in [0.3, 0.4) is 0 Å². The molecule has 0 atom stereocenters. The van der Waals surface area contributed by atoms with Gasteiger partial charge in [-0.05, 0) is 19.1 Å². The fourth-order valence-electron chi connectivity index (χ4n) is 2.10. The molecular weight excluding hydrogens is 208 g/mol. The van der Waals surface area contributed by atoms with Gasteiger partial charge in [0.15, 0.2) is 11.4 Å². The summed E-state index contributed by atoms with van der Waals surface area (Å²) in [5.74, 6) is 0.471. The van der Waals surface area contributed by atoms with Crippen LogP contribution in [-0.4, -0.2) is 22.5 Å². The molecule has 0 aromatic carbocycles. The van der Waals surface area contributed by atoms with Crippen molar-refractivity contribution in [3.63, 3.8) is 0 Å². The van der Waals surface area contributed by atoms with Crippen molar-refractivity contribution in [3.8, 4) is 0 Å². The van der Waals surface area contributed by atoms with Gasteiger partial charge in [0.05, 0.1) is 11.3 Å². The lowest BCUT2D eigenvalue weighted by molar-refractivity contribution is 0.112. The molecule has 1 aliphatic carbocycles. The van der Waals surface area contributed by atoms with Crippen LogP contribution in [0.25, 0.3) is 0 Å². The molecule has 1 aromatic heterocycles. The van der Waals surface area contributed by atoms with Crippen LogP contribution in [0.1, 0.15) is 47.7 Å². The molecule has 0 aliphatic heterocycles. The second kappa shape index (κ2) is 4.75. The number of thioether (sulfide) groups is 1. The highest BCUT2D eigenvalue weighted by molar-refractivity contribution is 7.98. The lowest BCUT2D eigenvalue weighted by Crippen LogP contribution is -2.04. The number of rotatable bonds is 3. The summed E-state index contributed by atoms with van der Waals surface area (Å²) in [5, 5.41) is 0.766. The Bertz CT molecular complexity index is 362. The Morgan fingerprint density at radius 2 is 2.20 bits per heavy atom. The van der Waals surface area contributed by atoms with Crippen molar-refractivity contribution in [1.29, 1.82) is 0 Å². The van der Waals surface area contributed by atoms with E-state index in [1.807, 2.05) is 6.26 Å². The van der Waals surface area contributed by atoms with Gasteiger partial charge in [-0.2, -0.15) is 0 Å². The summed E-state index contributed by atoms with van der Waals surface area (Å²) < 4.78 is 0. The molecule has 1 aromatic rings. The van der Waals surface area contributed by atoms with E-state index in [1.54, 1.807) is 6.20 Å². The van der Waals surface area contributed by atoms with Crippen LogP contribution in [0, 0.1) is 0 Å². The van der Waals surface area contributed by atoms with Gasteiger partial charge in [-0.1, -0.05) is 24.6 Å². The van der Waals surface area contributed by atoms with E-state index in [1.165, 1.54) is 24.6 Å². The molecule has 15 heavy (non-hydrogen) atoms. The maximum Gasteiger partial charge on any atom is 0.187 e. The second-order valence-corrected chi connectivity index (χ2v) is 4.57. The fraction of sp³-hybridized carbons (Fsp3) is 0.545. The van der Waals surface area contributed by atoms with E-state index in [2.05, 4.69) is 9.97 Å². The number of hydrogen-bond donors (Lipinski definition) is 0. The first kappa shape index (κ1) is 10.6. The SMILES string of the molecule is CSc1ncc(C=O)c(C2CCCC2)n1. The van der Waals surface area contributed by atoms with Gasteiger partial charge in [0.25, 0.3) is 0 Å². The Hall–Kier alpha value is -0.900. The highest BCUT2D eigenvalue weighted by Crippen LogP contribution is 2.34. The molecule has 80 valence electrons. The van der Waals surface area contributed by atoms with E-state index < -0.39 is 0 Å². The van der Waals surface area contributed by atoms with Crippen molar-refractivity contribution >= 4 is 18.0 Å². The highest BCUT2D eigenvalue weighted by Gasteiger charge is 2.21. The standard InChI is InChI=1S/C11H14N2OS/c1-15-11-12-6-9(7-14)10(13-11)8-4-2-3-5-8/h6-8H,2-5H2,1H3. The van der Waals surface area contributed by atoms with Crippen LogP contribution in [-0.2, 0) is 0 Å². The maximum absolute atomic E-state index is 10.9. The van der Waals surface area contributed by atoms with Crippen LogP contribution in [0.2, 0.25) is 0 Å². The molecule has 0 bridgehead atoms. The van der Waals surface area contributed by atoms with E-state index >= 15 is 0 Å². The predicted octanol–water partition coefficient (Wildman–Crippen LogP) is 2.67. The summed E-state index contributed by atoms with van der Waals surface area (Å²) in [5.41, 5.74) is 1.63. The number of aromatic nitrogens is 2. The lowest BCUT2D eigenvalue weighted by atomic mass is 10.0. The summed E-state index contributed by atoms with van der Waals surface area (Å²) in [6.45, 7) is 0. The van der Waals surface area contributed by atoms with Crippen molar-refractivity contribution in [2.24, 2.45) is 0 Å². The number of carbonyl (C=O) groups is 1. The minimum Gasteiger partial charge on any atom is -0.298 e. The van der Waals surface area contributed by atoms with Gasteiger partial charge in [-0.3, -0.25) is 4.79 Å². The van der Waals surface area contributed by atoms with Gasteiger partial charge in [0, 0.05) is 12.1 Å². The van der Waals surface area contributed by atoms with Gasteiger partial charge < -0.3 is 0 Å². The first-order valence-corrected chi connectivity index (χ1v) is 6.43. The maximum atomic E-state index is 10.9. The van der Waals surface area contributed by atoms with Gasteiger partial charge in [0.2, 0.25) is 0 Å². The molecule has 3 nitrogen and oxygen atoms in total. The zero-order valence-corrected chi connectivity index (χ0v) is 9.59. The summed E-state index contributed by atoms with van der Waals surface area (Å²) in [6.07, 6.45) is 9.30. The first-order chi connectivity index (χ1) is 7.35. The monoisotopic (exact) mass is 222 g/mol. The fourth-order valence-corrected chi connectivity index (χ4v) is 2.45. The molecule has 0 unspecified atom stereocenters. The predicted molar refractivity (Wildman–Crippen MR) is 60.4 cm³/mol. The van der Waals surface area contributed by atoms with E-state index in [4.69, 9.17) is 0 Å². The van der Waals surface area contributed by atoms with Gasteiger partial charge in [0.1, 0.15) is 0 Å². The van der Waals surface area contributed by atoms with Crippen molar-refractivity contribution in [1.82, 2.24) is 9.97 Å². The Morgan fingerprint density at radius 3 is 2.80 bits per heavy atom. The Kier molecular flexibility index (Phi) is 3.36. The average molecular weight is 222 g/mol. The Labute approximate surface area is 93.7 Å². The number of aldehydes is 1. The summed E-state index contributed by atoms with van der Waals surface area (Å²) in [6, 6.07) is 0. The zero-order chi connectivity index (χ0) is 10.7. The third-order valence-corrected chi connectivity index (χ3v) is 3.44. The molecule has 0 saturated heterocycles. The van der Waals surface area contributed by atoms with E-state index in [-0.39, 0.29) is 0 Å².